The van der Waals surface area contributed by atoms with Crippen molar-refractivity contribution in [3.63, 3.8) is 0 Å². The molecular formula is C20H36N4O8. The van der Waals surface area contributed by atoms with E-state index in [9.17, 15) is 34.2 Å². The van der Waals surface area contributed by atoms with Gasteiger partial charge in [-0.05, 0) is 18.8 Å². The van der Waals surface area contributed by atoms with Gasteiger partial charge in [0.1, 0.15) is 24.2 Å². The lowest BCUT2D eigenvalue weighted by atomic mass is 9.94. The van der Waals surface area contributed by atoms with Gasteiger partial charge in [0.05, 0.1) is 12.5 Å². The molecule has 0 saturated heterocycles. The molecule has 0 saturated carbocycles. The first-order valence-corrected chi connectivity index (χ1v) is 10.6. The molecule has 0 spiro atoms. The maximum atomic E-state index is 13.0. The summed E-state index contributed by atoms with van der Waals surface area (Å²) in [6.45, 7) is 8.27. The number of carboxylic acid groups (broad SMARTS) is 2. The highest BCUT2D eigenvalue weighted by Gasteiger charge is 2.35. The van der Waals surface area contributed by atoms with E-state index in [-0.39, 0.29) is 5.92 Å². The number of aliphatic carboxylic acids is 2. The van der Waals surface area contributed by atoms with Gasteiger partial charge in [-0.25, -0.2) is 4.79 Å². The van der Waals surface area contributed by atoms with Crippen LogP contribution in [-0.4, -0.2) is 75.3 Å². The largest absolute Gasteiger partial charge is 0.481 e. The van der Waals surface area contributed by atoms with Crippen molar-refractivity contribution in [2.24, 2.45) is 17.6 Å². The fraction of sp³-hybridized carbons (Fsp3) is 0.750. The summed E-state index contributed by atoms with van der Waals surface area (Å²) >= 11 is 0. The summed E-state index contributed by atoms with van der Waals surface area (Å²) in [6.07, 6.45) is -1.02. The minimum Gasteiger partial charge on any atom is -0.481 e. The van der Waals surface area contributed by atoms with E-state index in [1.54, 1.807) is 27.7 Å². The maximum absolute atomic E-state index is 13.0. The number of carboxylic acids is 2. The topological polar surface area (TPSA) is 208 Å². The Labute approximate surface area is 187 Å². The monoisotopic (exact) mass is 460 g/mol. The number of hydrogen-bond acceptors (Lipinski definition) is 7. The molecule has 7 unspecified atom stereocenters. The molecule has 0 aliphatic heterocycles. The number of aliphatic hydroxyl groups excluding tert-OH is 1. The van der Waals surface area contributed by atoms with Crippen LogP contribution in [0.1, 0.15) is 53.9 Å². The summed E-state index contributed by atoms with van der Waals surface area (Å²) in [6, 6.07) is -5.16. The molecule has 184 valence electrons. The summed E-state index contributed by atoms with van der Waals surface area (Å²) in [4.78, 5) is 60.2. The van der Waals surface area contributed by atoms with Crippen LogP contribution in [0.5, 0.6) is 0 Å². The third kappa shape index (κ3) is 9.18. The molecule has 0 heterocycles. The van der Waals surface area contributed by atoms with Crippen molar-refractivity contribution in [2.75, 3.05) is 0 Å². The van der Waals surface area contributed by atoms with E-state index in [1.165, 1.54) is 6.92 Å². The highest BCUT2D eigenvalue weighted by atomic mass is 16.4. The summed E-state index contributed by atoms with van der Waals surface area (Å²) in [5, 5.41) is 34.7. The smallest absolute Gasteiger partial charge is 0.326 e. The average molecular weight is 461 g/mol. The fourth-order valence-electron chi connectivity index (χ4n) is 2.75. The molecule has 3 amide bonds. The van der Waals surface area contributed by atoms with Crippen LogP contribution in [-0.2, 0) is 24.0 Å². The fourth-order valence-corrected chi connectivity index (χ4v) is 2.75. The van der Waals surface area contributed by atoms with Crippen molar-refractivity contribution < 1.29 is 39.3 Å². The number of aliphatic hydroxyl groups is 1. The van der Waals surface area contributed by atoms with Crippen molar-refractivity contribution in [3.8, 4) is 0 Å². The van der Waals surface area contributed by atoms with E-state index in [2.05, 4.69) is 16.0 Å². The maximum Gasteiger partial charge on any atom is 0.326 e. The van der Waals surface area contributed by atoms with Crippen molar-refractivity contribution in [2.45, 2.75) is 84.2 Å². The van der Waals surface area contributed by atoms with Crippen LogP contribution in [0.15, 0.2) is 0 Å². The summed E-state index contributed by atoms with van der Waals surface area (Å²) in [5.41, 5.74) is 5.63. The van der Waals surface area contributed by atoms with Crippen molar-refractivity contribution in [1.82, 2.24) is 16.0 Å². The number of nitrogens with one attached hydrogen (secondary N) is 3. The molecule has 0 aliphatic carbocycles. The van der Waals surface area contributed by atoms with Gasteiger partial charge in [0.2, 0.25) is 17.7 Å². The van der Waals surface area contributed by atoms with Crippen LogP contribution in [0.2, 0.25) is 0 Å². The predicted molar refractivity (Wildman–Crippen MR) is 114 cm³/mol. The summed E-state index contributed by atoms with van der Waals surface area (Å²) < 4.78 is 0. The third-order valence-corrected chi connectivity index (χ3v) is 5.40. The first-order chi connectivity index (χ1) is 14.8. The van der Waals surface area contributed by atoms with E-state index in [0.717, 1.165) is 0 Å². The van der Waals surface area contributed by atoms with E-state index in [1.807, 2.05) is 0 Å². The molecule has 0 bridgehead atoms. The van der Waals surface area contributed by atoms with Gasteiger partial charge in [-0.3, -0.25) is 19.2 Å². The highest BCUT2D eigenvalue weighted by molar-refractivity contribution is 5.95. The molecule has 0 aromatic heterocycles. The molecule has 0 rings (SSSR count). The number of amides is 3. The average Bonchev–Trinajstić information content (AvgIpc) is 2.72. The standard InChI is InChI=1S/C20H36N4O8/c1-6-9(3)15(18(29)22-12(20(31)32)8-13(26)27)24-19(30)16(10(4)7-2)23-17(28)14(21)11(5)25/h9-12,14-16,25H,6-8,21H2,1-5H3,(H,22,29)(H,23,28)(H,24,30)(H,26,27)(H,31,32). The second-order valence-corrected chi connectivity index (χ2v) is 8.01. The molecule has 8 N–H and O–H groups in total. The Bertz CT molecular complexity index is 685. The summed E-state index contributed by atoms with van der Waals surface area (Å²) in [5.74, 6) is -5.97. The quantitative estimate of drug-likeness (QED) is 0.166. The molecule has 12 heteroatoms. The number of rotatable bonds is 14. The molecule has 0 aromatic rings. The van der Waals surface area contributed by atoms with Crippen LogP contribution in [0.4, 0.5) is 0 Å². The first-order valence-electron chi connectivity index (χ1n) is 10.6. The molecule has 0 fully saturated rings. The zero-order valence-corrected chi connectivity index (χ0v) is 19.1. The van der Waals surface area contributed by atoms with Gasteiger partial charge in [0.25, 0.3) is 0 Å². The lowest BCUT2D eigenvalue weighted by Gasteiger charge is -2.30. The van der Waals surface area contributed by atoms with E-state index >= 15 is 0 Å². The third-order valence-electron chi connectivity index (χ3n) is 5.40. The Morgan fingerprint density at radius 1 is 0.781 bits per heavy atom. The molecule has 7 atom stereocenters. The van der Waals surface area contributed by atoms with Crippen LogP contribution >= 0.6 is 0 Å². The van der Waals surface area contributed by atoms with Crippen molar-refractivity contribution in [3.05, 3.63) is 0 Å². The van der Waals surface area contributed by atoms with E-state index < -0.39 is 72.3 Å². The van der Waals surface area contributed by atoms with Gasteiger partial charge in [-0.15, -0.1) is 0 Å². The zero-order chi connectivity index (χ0) is 25.2. The number of nitrogens with two attached hydrogens (primary N) is 1. The Balaban J connectivity index is 5.65. The number of carbonyl (C=O) groups is 5. The molecule has 0 radical (unpaired) electrons. The number of hydrogen-bond donors (Lipinski definition) is 7. The Kier molecular flexibility index (Phi) is 12.5. The SMILES string of the molecule is CCC(C)C(NC(=O)C(N)C(C)O)C(=O)NC(C(=O)NC(CC(=O)O)C(=O)O)C(C)CC. The minimum absolute atomic E-state index is 0.348. The van der Waals surface area contributed by atoms with Crippen LogP contribution < -0.4 is 21.7 Å². The summed E-state index contributed by atoms with van der Waals surface area (Å²) in [7, 11) is 0. The van der Waals surface area contributed by atoms with Crippen molar-refractivity contribution >= 4 is 29.7 Å². The second kappa shape index (κ2) is 13.6. The Morgan fingerprint density at radius 2 is 1.19 bits per heavy atom. The molecule has 12 nitrogen and oxygen atoms in total. The van der Waals surface area contributed by atoms with Crippen LogP contribution in [0.3, 0.4) is 0 Å². The lowest BCUT2D eigenvalue weighted by molar-refractivity contribution is -0.147. The van der Waals surface area contributed by atoms with Gasteiger partial charge in [0.15, 0.2) is 0 Å². The lowest BCUT2D eigenvalue weighted by Crippen LogP contribution is -2.60. The van der Waals surface area contributed by atoms with Crippen LogP contribution in [0.25, 0.3) is 0 Å². The van der Waals surface area contributed by atoms with Crippen molar-refractivity contribution in [1.29, 1.82) is 0 Å². The van der Waals surface area contributed by atoms with Gasteiger partial charge < -0.3 is 37.0 Å². The minimum atomic E-state index is -1.67. The predicted octanol–water partition coefficient (Wildman–Crippen LogP) is -1.20. The normalized spacial score (nSPS) is 17.6. The Hall–Kier alpha value is -2.73. The van der Waals surface area contributed by atoms with Gasteiger partial charge in [0, 0.05) is 0 Å². The number of carbonyl (C=O) groups excluding carboxylic acids is 3. The molecule has 0 aliphatic rings. The van der Waals surface area contributed by atoms with E-state index in [0.29, 0.717) is 12.8 Å². The van der Waals surface area contributed by atoms with Crippen LogP contribution in [0, 0.1) is 11.8 Å². The molecule has 32 heavy (non-hydrogen) atoms. The second-order valence-electron chi connectivity index (χ2n) is 8.01. The van der Waals surface area contributed by atoms with Gasteiger partial charge in [-0.1, -0.05) is 40.5 Å². The Morgan fingerprint density at radius 3 is 1.53 bits per heavy atom. The zero-order valence-electron chi connectivity index (χ0n) is 19.1. The molecule has 0 aromatic carbocycles. The highest BCUT2D eigenvalue weighted by Crippen LogP contribution is 2.13. The molecular weight excluding hydrogens is 424 g/mol. The van der Waals surface area contributed by atoms with Gasteiger partial charge in [-0.2, -0.15) is 0 Å². The van der Waals surface area contributed by atoms with Gasteiger partial charge >= 0.3 is 11.9 Å². The first kappa shape index (κ1) is 29.3. The van der Waals surface area contributed by atoms with E-state index in [4.69, 9.17) is 10.8 Å².